The third-order valence-corrected chi connectivity index (χ3v) is 4.94. The van der Waals surface area contributed by atoms with Crippen molar-refractivity contribution >= 4 is 30.2 Å². The number of nitrogens with one attached hydrogen (secondary N) is 1. The topological polar surface area (TPSA) is 74.8 Å². The first-order valence-corrected chi connectivity index (χ1v) is 8.79. The molecule has 1 aromatic rings. The van der Waals surface area contributed by atoms with E-state index in [2.05, 4.69) is 10.3 Å². The number of hydrogen-bond acceptors (Lipinski definition) is 5. The van der Waals surface area contributed by atoms with Crippen LogP contribution in [0.3, 0.4) is 0 Å². The fraction of sp³-hybridized carbons (Fsp3) is 0.588. The monoisotopic (exact) mass is 422 g/mol. The minimum absolute atomic E-state index is 0. The summed E-state index contributed by atoms with van der Waals surface area (Å²) in [6, 6.07) is 0.881. The van der Waals surface area contributed by atoms with E-state index in [1.54, 1.807) is 0 Å². The normalized spacial score (nSPS) is 19.3. The van der Waals surface area contributed by atoms with Crippen molar-refractivity contribution in [2.45, 2.75) is 31.5 Å². The van der Waals surface area contributed by atoms with Crippen LogP contribution in [0.25, 0.3) is 0 Å². The molecule has 0 unspecified atom stereocenters. The molecule has 3 heterocycles. The molecule has 0 aliphatic carbocycles. The number of alkyl halides is 3. The predicted molar refractivity (Wildman–Crippen MR) is 97.4 cm³/mol. The van der Waals surface area contributed by atoms with Crippen LogP contribution in [-0.4, -0.2) is 60.2 Å². The van der Waals surface area contributed by atoms with Crippen molar-refractivity contribution in [1.82, 2.24) is 15.2 Å². The average molecular weight is 423 g/mol. The van der Waals surface area contributed by atoms with E-state index >= 15 is 0 Å². The molecular formula is C17H22ClF3N4O3. The van der Waals surface area contributed by atoms with Crippen LogP contribution in [0.1, 0.15) is 25.3 Å². The lowest BCUT2D eigenvalue weighted by atomic mass is 9.86. The van der Waals surface area contributed by atoms with Gasteiger partial charge in [0.2, 0.25) is 0 Å². The lowest BCUT2D eigenvalue weighted by molar-refractivity contribution is -0.137. The van der Waals surface area contributed by atoms with Gasteiger partial charge in [0.05, 0.1) is 12.2 Å². The van der Waals surface area contributed by atoms with Gasteiger partial charge in [-0.15, -0.1) is 12.4 Å². The van der Waals surface area contributed by atoms with E-state index < -0.39 is 29.2 Å². The number of nitrogens with zero attached hydrogens (tertiary/aromatic N) is 3. The number of urea groups is 1. The summed E-state index contributed by atoms with van der Waals surface area (Å²) >= 11 is 0. The number of halogens is 4. The van der Waals surface area contributed by atoms with Crippen LogP contribution in [0.5, 0.6) is 0 Å². The molecule has 11 heteroatoms. The summed E-state index contributed by atoms with van der Waals surface area (Å²) < 4.78 is 44.4. The number of imide groups is 1. The van der Waals surface area contributed by atoms with Crippen LogP contribution >= 0.6 is 12.4 Å². The Morgan fingerprint density at radius 3 is 2.57 bits per heavy atom. The number of pyridine rings is 1. The van der Waals surface area contributed by atoms with Gasteiger partial charge >= 0.3 is 12.2 Å². The molecule has 0 bridgehead atoms. The highest BCUT2D eigenvalue weighted by molar-refractivity contribution is 6.22. The molecule has 0 radical (unpaired) electrons. The van der Waals surface area contributed by atoms with E-state index in [9.17, 15) is 22.8 Å². The highest BCUT2D eigenvalue weighted by atomic mass is 35.5. The SMILES string of the molecule is CCOCCN1C(=O)N(c2cc(C(F)(F)F)ccn2)C(=O)C12CCNCC2.Cl. The summed E-state index contributed by atoms with van der Waals surface area (Å²) in [4.78, 5) is 32.2. The van der Waals surface area contributed by atoms with Gasteiger partial charge in [0.1, 0.15) is 11.4 Å². The Hall–Kier alpha value is -1.91. The predicted octanol–water partition coefficient (Wildman–Crippen LogP) is 2.45. The quantitative estimate of drug-likeness (QED) is 0.582. The summed E-state index contributed by atoms with van der Waals surface area (Å²) in [5, 5.41) is 3.14. The van der Waals surface area contributed by atoms with Crippen molar-refractivity contribution in [2.24, 2.45) is 0 Å². The standard InChI is InChI=1S/C17H21F3N4O3.ClH/c1-2-27-10-9-23-15(26)24(14(25)16(23)4-7-21-8-5-16)13-11-12(3-6-22-13)17(18,19)20;/h3,6,11,21H,2,4-5,7-10H2,1H3;1H. The number of anilines is 1. The van der Waals surface area contributed by atoms with Gasteiger partial charge < -0.3 is 15.0 Å². The molecule has 3 rings (SSSR count). The molecule has 0 aromatic carbocycles. The van der Waals surface area contributed by atoms with Crippen molar-refractivity contribution in [3.63, 3.8) is 0 Å². The summed E-state index contributed by atoms with van der Waals surface area (Å²) in [5.74, 6) is -0.839. The minimum atomic E-state index is -4.59. The summed E-state index contributed by atoms with van der Waals surface area (Å²) in [7, 11) is 0. The lowest BCUT2D eigenvalue weighted by Crippen LogP contribution is -2.56. The van der Waals surface area contributed by atoms with Crippen LogP contribution in [0, 0.1) is 0 Å². The Kier molecular flexibility index (Phi) is 6.89. The molecule has 2 aliphatic rings. The molecule has 1 N–H and O–H groups in total. The number of hydrogen-bond donors (Lipinski definition) is 1. The number of amides is 3. The molecule has 28 heavy (non-hydrogen) atoms. The van der Waals surface area contributed by atoms with Crippen LogP contribution < -0.4 is 10.2 Å². The van der Waals surface area contributed by atoms with Crippen molar-refractivity contribution < 1.29 is 27.5 Å². The van der Waals surface area contributed by atoms with Gasteiger partial charge in [0.15, 0.2) is 0 Å². The summed E-state index contributed by atoms with van der Waals surface area (Å²) in [6.45, 7) is 3.78. The first kappa shape index (κ1) is 22.4. The maximum absolute atomic E-state index is 13.2. The number of carbonyl (C=O) groups is 2. The van der Waals surface area contributed by atoms with Crippen LogP contribution in [-0.2, 0) is 15.7 Å². The number of ether oxygens (including phenoxy) is 1. The molecule has 0 atom stereocenters. The highest BCUT2D eigenvalue weighted by Crippen LogP contribution is 2.38. The molecule has 1 spiro atoms. The van der Waals surface area contributed by atoms with Crippen molar-refractivity contribution in [3.8, 4) is 0 Å². The van der Waals surface area contributed by atoms with E-state index in [0.717, 1.165) is 23.2 Å². The van der Waals surface area contributed by atoms with Gasteiger partial charge in [0, 0.05) is 19.3 Å². The number of carbonyl (C=O) groups excluding carboxylic acids is 2. The smallest absolute Gasteiger partial charge is 0.380 e. The maximum atomic E-state index is 13.2. The van der Waals surface area contributed by atoms with E-state index in [1.807, 2.05) is 6.92 Å². The van der Waals surface area contributed by atoms with Crippen LogP contribution in [0.4, 0.5) is 23.8 Å². The summed E-state index contributed by atoms with van der Waals surface area (Å²) in [5.41, 5.74) is -2.03. The molecular weight excluding hydrogens is 401 g/mol. The van der Waals surface area contributed by atoms with E-state index in [0.29, 0.717) is 32.5 Å². The minimum Gasteiger partial charge on any atom is -0.380 e. The van der Waals surface area contributed by atoms with E-state index in [-0.39, 0.29) is 31.4 Å². The zero-order valence-electron chi connectivity index (χ0n) is 15.3. The Morgan fingerprint density at radius 2 is 1.96 bits per heavy atom. The largest absolute Gasteiger partial charge is 0.416 e. The van der Waals surface area contributed by atoms with Gasteiger partial charge in [-0.1, -0.05) is 0 Å². The summed E-state index contributed by atoms with van der Waals surface area (Å²) in [6.07, 6.45) is -2.86. The molecule has 2 fully saturated rings. The molecule has 1 aromatic heterocycles. The number of piperidine rings is 1. The average Bonchev–Trinajstić information content (AvgIpc) is 2.83. The van der Waals surface area contributed by atoms with Crippen molar-refractivity contribution in [1.29, 1.82) is 0 Å². The Morgan fingerprint density at radius 1 is 1.29 bits per heavy atom. The van der Waals surface area contributed by atoms with Gasteiger partial charge in [0.25, 0.3) is 5.91 Å². The van der Waals surface area contributed by atoms with Crippen LogP contribution in [0.2, 0.25) is 0 Å². The fourth-order valence-corrected chi connectivity index (χ4v) is 3.57. The number of aromatic nitrogens is 1. The Balaban J connectivity index is 0.00000280. The molecule has 0 saturated carbocycles. The Labute approximate surface area is 166 Å². The molecule has 2 saturated heterocycles. The third kappa shape index (κ3) is 3.94. The lowest BCUT2D eigenvalue weighted by Gasteiger charge is -2.38. The fourth-order valence-electron chi connectivity index (χ4n) is 3.57. The second kappa shape index (κ2) is 8.62. The third-order valence-electron chi connectivity index (χ3n) is 4.94. The number of rotatable bonds is 5. The van der Waals surface area contributed by atoms with Crippen molar-refractivity contribution in [2.75, 3.05) is 37.7 Å². The first-order valence-electron chi connectivity index (χ1n) is 8.79. The van der Waals surface area contributed by atoms with E-state index in [1.165, 1.54) is 4.90 Å². The Bertz CT molecular complexity index is 726. The van der Waals surface area contributed by atoms with Gasteiger partial charge in [-0.3, -0.25) is 4.79 Å². The maximum Gasteiger partial charge on any atom is 0.416 e. The molecule has 7 nitrogen and oxygen atoms in total. The van der Waals surface area contributed by atoms with Gasteiger partial charge in [-0.25, -0.2) is 14.7 Å². The second-order valence-electron chi connectivity index (χ2n) is 6.45. The molecule has 3 amide bonds. The second-order valence-corrected chi connectivity index (χ2v) is 6.45. The van der Waals surface area contributed by atoms with E-state index in [4.69, 9.17) is 4.74 Å². The van der Waals surface area contributed by atoms with Gasteiger partial charge in [-0.05, 0) is 45.0 Å². The van der Waals surface area contributed by atoms with Crippen LogP contribution in [0.15, 0.2) is 18.3 Å². The zero-order chi connectivity index (χ0) is 19.7. The first-order chi connectivity index (χ1) is 12.8. The molecule has 2 aliphatic heterocycles. The van der Waals surface area contributed by atoms with Crippen molar-refractivity contribution in [3.05, 3.63) is 23.9 Å². The van der Waals surface area contributed by atoms with Gasteiger partial charge in [-0.2, -0.15) is 13.2 Å². The zero-order valence-corrected chi connectivity index (χ0v) is 16.1. The molecule has 156 valence electrons. The highest BCUT2D eigenvalue weighted by Gasteiger charge is 2.58.